The molecule has 1 aromatic carbocycles. The lowest BCUT2D eigenvalue weighted by atomic mass is 9.47. The maximum Gasteiger partial charge on any atom is 0.514 e. The van der Waals surface area contributed by atoms with E-state index in [1.807, 2.05) is 30.3 Å². The summed E-state index contributed by atoms with van der Waals surface area (Å²) in [5.74, 6) is 5.59. The first-order valence-corrected chi connectivity index (χ1v) is 16.4. The number of hydrogen-bond acceptors (Lipinski definition) is 3. The second-order valence-electron chi connectivity index (χ2n) is 14.8. The van der Waals surface area contributed by atoms with E-state index in [2.05, 4.69) is 47.3 Å². The van der Waals surface area contributed by atoms with Gasteiger partial charge in [-0.25, -0.2) is 4.79 Å². The monoisotopic (exact) mass is 546 g/mol. The van der Waals surface area contributed by atoms with Crippen LogP contribution in [0.1, 0.15) is 111 Å². The van der Waals surface area contributed by atoms with Gasteiger partial charge in [0.05, 0.1) is 0 Å². The minimum absolute atomic E-state index is 0.0835. The molecule has 0 N–H and O–H groups in total. The Hall–Kier alpha value is -2.03. The molecule has 0 bridgehead atoms. The van der Waals surface area contributed by atoms with Crippen LogP contribution in [0.3, 0.4) is 0 Å². The van der Waals surface area contributed by atoms with Crippen molar-refractivity contribution >= 4 is 6.16 Å². The van der Waals surface area contributed by atoms with Crippen molar-refractivity contribution in [2.24, 2.45) is 46.3 Å². The van der Waals surface area contributed by atoms with Crippen LogP contribution < -0.4 is 4.74 Å². The normalized spacial score (nSPS) is 35.6. The molecule has 0 aromatic heterocycles. The summed E-state index contributed by atoms with van der Waals surface area (Å²) >= 11 is 0. The number of rotatable bonds is 9. The van der Waals surface area contributed by atoms with Gasteiger partial charge < -0.3 is 9.47 Å². The first kappa shape index (κ1) is 29.5. The molecule has 4 unspecified atom stereocenters. The van der Waals surface area contributed by atoms with Gasteiger partial charge >= 0.3 is 6.16 Å². The summed E-state index contributed by atoms with van der Waals surface area (Å²) in [5, 5.41) is 0. The summed E-state index contributed by atoms with van der Waals surface area (Å²) < 4.78 is 11.4. The zero-order valence-electron chi connectivity index (χ0n) is 25.9. The average Bonchev–Trinajstić information content (AvgIpc) is 3.27. The third-order valence-electron chi connectivity index (χ3n) is 12.0. The van der Waals surface area contributed by atoms with Crippen LogP contribution in [-0.4, -0.2) is 12.3 Å². The van der Waals surface area contributed by atoms with Crippen molar-refractivity contribution in [1.82, 2.24) is 0 Å². The minimum atomic E-state index is -0.577. The minimum Gasteiger partial charge on any atom is -0.430 e. The van der Waals surface area contributed by atoms with Crippen molar-refractivity contribution in [1.29, 1.82) is 0 Å². The van der Waals surface area contributed by atoms with E-state index in [1.54, 1.807) is 5.57 Å². The Morgan fingerprint density at radius 3 is 2.52 bits per heavy atom. The lowest BCUT2D eigenvalue weighted by Gasteiger charge is -2.58. The third-order valence-corrected chi connectivity index (χ3v) is 12.0. The number of carbonyl (C=O) groups is 1. The number of benzene rings is 1. The van der Waals surface area contributed by atoms with Crippen LogP contribution >= 0.6 is 0 Å². The lowest BCUT2D eigenvalue weighted by Crippen LogP contribution is -2.51. The van der Waals surface area contributed by atoms with Gasteiger partial charge in [-0.05, 0) is 115 Å². The van der Waals surface area contributed by atoms with E-state index in [0.29, 0.717) is 11.2 Å². The molecule has 4 aliphatic carbocycles. The molecular weight excluding hydrogens is 492 g/mol. The molecule has 220 valence electrons. The van der Waals surface area contributed by atoms with Crippen LogP contribution in [0, 0.1) is 46.3 Å². The summed E-state index contributed by atoms with van der Waals surface area (Å²) in [5.41, 5.74) is 3.48. The van der Waals surface area contributed by atoms with E-state index in [4.69, 9.17) is 9.47 Å². The highest BCUT2D eigenvalue weighted by Crippen LogP contribution is 2.67. The highest BCUT2D eigenvalue weighted by molar-refractivity contribution is 5.64. The van der Waals surface area contributed by atoms with Crippen molar-refractivity contribution in [3.05, 3.63) is 54.1 Å². The molecule has 40 heavy (non-hydrogen) atoms. The Balaban J connectivity index is 1.19. The Kier molecular flexibility index (Phi) is 8.89. The Morgan fingerprint density at radius 1 is 1.02 bits per heavy atom. The first-order chi connectivity index (χ1) is 19.1. The van der Waals surface area contributed by atoms with Crippen molar-refractivity contribution in [2.75, 3.05) is 0 Å². The van der Waals surface area contributed by atoms with Gasteiger partial charge in [-0.2, -0.15) is 0 Å². The molecule has 4 aliphatic rings. The average molecular weight is 547 g/mol. The van der Waals surface area contributed by atoms with E-state index < -0.39 is 6.16 Å². The largest absolute Gasteiger partial charge is 0.514 e. The number of allylic oxidation sites excluding steroid dienone is 2. The summed E-state index contributed by atoms with van der Waals surface area (Å²) in [6.07, 6.45) is 18.6. The Morgan fingerprint density at radius 2 is 1.80 bits per heavy atom. The quantitative estimate of drug-likeness (QED) is 0.176. The van der Waals surface area contributed by atoms with Gasteiger partial charge in [-0.3, -0.25) is 0 Å². The summed E-state index contributed by atoms with van der Waals surface area (Å²) in [7, 11) is 0. The molecular formula is C37H54O3. The topological polar surface area (TPSA) is 35.5 Å². The van der Waals surface area contributed by atoms with Gasteiger partial charge in [0.15, 0.2) is 0 Å². The van der Waals surface area contributed by atoms with Crippen LogP contribution in [-0.2, 0) is 11.2 Å². The van der Waals surface area contributed by atoms with Gasteiger partial charge in [0.1, 0.15) is 11.9 Å². The van der Waals surface area contributed by atoms with Crippen LogP contribution in [0.2, 0.25) is 0 Å². The predicted molar refractivity (Wildman–Crippen MR) is 164 cm³/mol. The number of hydrogen-bond donors (Lipinski definition) is 0. The molecule has 0 saturated heterocycles. The van der Waals surface area contributed by atoms with E-state index in [-0.39, 0.29) is 11.5 Å². The Labute approximate surface area is 244 Å². The van der Waals surface area contributed by atoms with Gasteiger partial charge in [-0.15, -0.1) is 6.58 Å². The zero-order valence-corrected chi connectivity index (χ0v) is 25.9. The summed E-state index contributed by atoms with van der Waals surface area (Å²) in [6, 6.07) is 7.60. The highest BCUT2D eigenvalue weighted by atomic mass is 16.7. The van der Waals surface area contributed by atoms with E-state index in [9.17, 15) is 4.79 Å². The van der Waals surface area contributed by atoms with Crippen molar-refractivity contribution in [3.63, 3.8) is 0 Å². The fourth-order valence-electron chi connectivity index (χ4n) is 9.87. The third kappa shape index (κ3) is 5.82. The second kappa shape index (κ2) is 12.1. The molecule has 0 aliphatic heterocycles. The molecule has 0 radical (unpaired) electrons. The van der Waals surface area contributed by atoms with Crippen molar-refractivity contribution < 1.29 is 14.3 Å². The zero-order chi connectivity index (χ0) is 28.5. The van der Waals surface area contributed by atoms with Crippen LogP contribution in [0.5, 0.6) is 5.75 Å². The standard InChI is InChI=1S/C37H54O3/c1-7-9-27-12-15-29(16-13-27)39-35(38)40-30-20-22-36(5)28(24-30)14-17-31-33-19-18-32(26(4)11-8-10-25(2)3)37(33,6)23-21-34(31)36/h7,12-16,25-26,30-34H,1,8-11,17-24H2,2-6H3/t26-,30?,31?,32-,33?,34?,36+,37-/m1/s1. The molecule has 3 heteroatoms. The van der Waals surface area contributed by atoms with Crippen molar-refractivity contribution in [3.8, 4) is 5.75 Å². The van der Waals surface area contributed by atoms with Crippen LogP contribution in [0.25, 0.3) is 0 Å². The fraction of sp³-hybridized carbons (Fsp3) is 0.703. The summed E-state index contributed by atoms with van der Waals surface area (Å²) in [4.78, 5) is 12.6. The second-order valence-corrected chi connectivity index (χ2v) is 14.8. The van der Waals surface area contributed by atoms with Gasteiger partial charge in [0.2, 0.25) is 0 Å². The molecule has 8 atom stereocenters. The fourth-order valence-corrected chi connectivity index (χ4v) is 9.87. The molecule has 0 amide bonds. The summed E-state index contributed by atoms with van der Waals surface area (Å²) in [6.45, 7) is 16.3. The molecule has 3 saturated carbocycles. The maximum absolute atomic E-state index is 12.6. The Bertz CT molecular complexity index is 1070. The van der Waals surface area contributed by atoms with E-state index in [0.717, 1.165) is 66.8 Å². The molecule has 3 fully saturated rings. The van der Waals surface area contributed by atoms with Gasteiger partial charge in [0, 0.05) is 6.42 Å². The first-order valence-electron chi connectivity index (χ1n) is 16.4. The predicted octanol–water partition coefficient (Wildman–Crippen LogP) is 10.3. The maximum atomic E-state index is 12.6. The smallest absolute Gasteiger partial charge is 0.430 e. The molecule has 1 aromatic rings. The SMILES string of the molecule is C=CCc1ccc(OC(=O)OC2CC[C@@]3(C)C(=CCC4C3CC[C@@]3(C)C4CC[C@@H]3[C@H](C)CCCC(C)C)C2)cc1. The molecule has 5 rings (SSSR count). The van der Waals surface area contributed by atoms with Crippen LogP contribution in [0.4, 0.5) is 4.79 Å². The van der Waals surface area contributed by atoms with E-state index >= 15 is 0 Å². The molecule has 0 heterocycles. The number of ether oxygens (including phenoxy) is 2. The molecule has 0 spiro atoms. The van der Waals surface area contributed by atoms with Crippen molar-refractivity contribution in [2.45, 2.75) is 118 Å². The van der Waals surface area contributed by atoms with Gasteiger partial charge in [0.25, 0.3) is 0 Å². The van der Waals surface area contributed by atoms with Gasteiger partial charge in [-0.1, -0.05) is 83.7 Å². The number of fused-ring (bicyclic) bond motifs is 5. The number of carbonyl (C=O) groups excluding carboxylic acids is 1. The van der Waals surface area contributed by atoms with Crippen LogP contribution in [0.15, 0.2) is 48.6 Å². The highest BCUT2D eigenvalue weighted by Gasteiger charge is 2.59. The van der Waals surface area contributed by atoms with E-state index in [1.165, 1.54) is 51.4 Å². The lowest BCUT2D eigenvalue weighted by molar-refractivity contribution is -0.0597. The molecule has 3 nitrogen and oxygen atoms in total.